The van der Waals surface area contributed by atoms with Gasteiger partial charge in [-0.15, -0.1) is 0 Å². The largest absolute Gasteiger partial charge is 0.418 e. The third-order valence-electron chi connectivity index (χ3n) is 7.39. The van der Waals surface area contributed by atoms with Crippen LogP contribution in [0, 0.1) is 5.92 Å². The molecular weight excluding hydrogens is 603 g/mol. The fraction of sp³-hybridized carbons (Fsp3) is 0.333. The van der Waals surface area contributed by atoms with E-state index in [2.05, 4.69) is 0 Å². The van der Waals surface area contributed by atoms with Crippen molar-refractivity contribution in [3.05, 3.63) is 79.2 Å². The molecule has 0 aliphatic carbocycles. The zero-order valence-corrected chi connectivity index (χ0v) is 23.5. The molecule has 2 saturated heterocycles. The smallest absolute Gasteiger partial charge is 0.378 e. The number of alkyl halides is 3. The van der Waals surface area contributed by atoms with E-state index in [1.54, 1.807) is 29.2 Å². The number of nitrogens with zero attached hydrogens (tertiary/aromatic N) is 3. The Morgan fingerprint density at radius 3 is 2.37 bits per heavy atom. The molecule has 0 unspecified atom stereocenters. The van der Waals surface area contributed by atoms with Gasteiger partial charge in [0.2, 0.25) is 17.7 Å². The summed E-state index contributed by atoms with van der Waals surface area (Å²) in [5.74, 6) is -3.78. The molecule has 41 heavy (non-hydrogen) atoms. The van der Waals surface area contributed by atoms with Gasteiger partial charge in [0.15, 0.2) is 0 Å². The van der Waals surface area contributed by atoms with Crippen LogP contribution >= 0.6 is 34.7 Å². The van der Waals surface area contributed by atoms with Crippen LogP contribution in [0.3, 0.4) is 0 Å². The van der Waals surface area contributed by atoms with E-state index in [1.165, 1.54) is 16.7 Å². The van der Waals surface area contributed by atoms with E-state index in [0.717, 1.165) is 35.2 Å². The number of carbonyl (C=O) groups excluding carboxylic acids is 3. The molecule has 2 fully saturated rings. The molecular formula is C27H21ClF3N3O5S2. The molecule has 3 aromatic rings. The summed E-state index contributed by atoms with van der Waals surface area (Å²) in [6.07, 6.45) is -4.80. The number of benzene rings is 2. The Morgan fingerprint density at radius 2 is 1.68 bits per heavy atom. The number of thiazole rings is 1. The summed E-state index contributed by atoms with van der Waals surface area (Å²) in [7, 11) is 0. The van der Waals surface area contributed by atoms with Crippen molar-refractivity contribution in [3.8, 4) is 0 Å². The van der Waals surface area contributed by atoms with Gasteiger partial charge in [0.25, 0.3) is 0 Å². The Balaban J connectivity index is 1.45. The summed E-state index contributed by atoms with van der Waals surface area (Å²) in [4.78, 5) is 56.2. The molecule has 3 aliphatic heterocycles. The first-order chi connectivity index (χ1) is 19.6. The fourth-order valence-electron chi connectivity index (χ4n) is 5.48. The highest BCUT2D eigenvalue weighted by Gasteiger charge is 2.57. The number of hydrogen-bond donors (Lipinski definition) is 0. The number of morpholine rings is 1. The number of amides is 3. The Bertz CT molecular complexity index is 1600. The van der Waals surface area contributed by atoms with Crippen LogP contribution in [0.2, 0.25) is 5.02 Å². The van der Waals surface area contributed by atoms with Crippen molar-refractivity contribution in [2.24, 2.45) is 5.92 Å². The molecule has 214 valence electrons. The number of imide groups is 1. The van der Waals surface area contributed by atoms with Gasteiger partial charge < -0.3 is 9.64 Å². The number of thioether (sulfide) groups is 1. The molecule has 0 radical (unpaired) electrons. The number of fused-ring (bicyclic) bond motifs is 2. The monoisotopic (exact) mass is 623 g/mol. The molecule has 3 aliphatic rings. The number of carbonyl (C=O) groups is 3. The molecule has 3 atom stereocenters. The predicted octanol–water partition coefficient (Wildman–Crippen LogP) is 4.24. The number of aromatic nitrogens is 1. The number of anilines is 1. The minimum atomic E-state index is -4.80. The average Bonchev–Trinajstić information content (AvgIpc) is 3.39. The standard InChI is InChI=1S/C27H21ClF3N3O5S2/c28-15-7-5-14(6-8-15)19-20-21(24(37)34(23(20)36)17-4-2-1-3-16(17)27(29,30)31)40-25-22(19)41-26(38)33(25)13-18(35)32-9-11-39-12-10-32/h1-8,19-21H,9-13H2/t19-,20-,21+/m0/s1. The third-order valence-corrected chi connectivity index (χ3v) is 10.2. The number of hydrogen-bond acceptors (Lipinski definition) is 7. The van der Waals surface area contributed by atoms with Gasteiger partial charge >= 0.3 is 11.0 Å². The van der Waals surface area contributed by atoms with Gasteiger partial charge in [0.05, 0.1) is 35.4 Å². The molecule has 0 saturated carbocycles. The molecule has 2 aromatic carbocycles. The van der Waals surface area contributed by atoms with Gasteiger partial charge in [-0.1, -0.05) is 59.0 Å². The second-order valence-electron chi connectivity index (χ2n) is 9.74. The van der Waals surface area contributed by atoms with Crippen LogP contribution in [0.5, 0.6) is 0 Å². The first-order valence-electron chi connectivity index (χ1n) is 12.6. The van der Waals surface area contributed by atoms with Crippen molar-refractivity contribution in [1.82, 2.24) is 9.47 Å². The van der Waals surface area contributed by atoms with Gasteiger partial charge in [-0.25, -0.2) is 4.90 Å². The van der Waals surface area contributed by atoms with E-state index >= 15 is 0 Å². The summed E-state index contributed by atoms with van der Waals surface area (Å²) < 4.78 is 48.3. The third kappa shape index (κ3) is 4.88. The van der Waals surface area contributed by atoms with Crippen molar-refractivity contribution in [3.63, 3.8) is 0 Å². The number of halogens is 4. The van der Waals surface area contributed by atoms with Crippen LogP contribution < -0.4 is 9.77 Å². The summed E-state index contributed by atoms with van der Waals surface area (Å²) in [5.41, 5.74) is -1.06. The highest BCUT2D eigenvalue weighted by atomic mass is 35.5. The maximum Gasteiger partial charge on any atom is 0.418 e. The van der Waals surface area contributed by atoms with E-state index in [1.807, 2.05) is 0 Å². The molecule has 3 amide bonds. The zero-order chi connectivity index (χ0) is 29.1. The SMILES string of the molecule is O=C(Cn1c2c(sc1=O)[C@@H](c1ccc(Cl)cc1)[C@@H]1C(=O)N(c3ccccc3C(F)(F)F)C(=O)[C@@H]1S2)N1CCOCC1. The molecule has 4 heterocycles. The van der Waals surface area contributed by atoms with E-state index in [-0.39, 0.29) is 12.5 Å². The Kier molecular flexibility index (Phi) is 7.25. The van der Waals surface area contributed by atoms with E-state index < -0.39 is 51.2 Å². The van der Waals surface area contributed by atoms with Crippen LogP contribution in [-0.2, 0) is 31.8 Å². The second-order valence-corrected chi connectivity index (χ2v) is 12.3. The van der Waals surface area contributed by atoms with Gasteiger partial charge in [-0.2, -0.15) is 13.2 Å². The van der Waals surface area contributed by atoms with E-state index in [9.17, 15) is 32.3 Å². The van der Waals surface area contributed by atoms with Crippen LogP contribution in [-0.4, -0.2) is 58.7 Å². The van der Waals surface area contributed by atoms with Gasteiger partial charge in [0, 0.05) is 28.9 Å². The quantitative estimate of drug-likeness (QED) is 0.404. The molecule has 0 N–H and O–H groups in total. The summed E-state index contributed by atoms with van der Waals surface area (Å²) in [5, 5.41) is -0.335. The highest BCUT2D eigenvalue weighted by molar-refractivity contribution is 8.00. The summed E-state index contributed by atoms with van der Waals surface area (Å²) >= 11 is 7.91. The lowest BCUT2D eigenvalue weighted by molar-refractivity contribution is -0.137. The summed E-state index contributed by atoms with van der Waals surface area (Å²) in [6.45, 7) is 1.25. The number of ether oxygens (including phenoxy) is 1. The maximum atomic E-state index is 13.9. The Hall–Kier alpha value is -3.13. The molecule has 0 spiro atoms. The molecule has 0 bridgehead atoms. The molecule has 6 rings (SSSR count). The van der Waals surface area contributed by atoms with Crippen LogP contribution in [0.15, 0.2) is 58.4 Å². The number of rotatable bonds is 4. The summed E-state index contributed by atoms with van der Waals surface area (Å²) in [6, 6.07) is 11.0. The fourth-order valence-corrected chi connectivity index (χ4v) is 8.38. The normalized spacial score (nSPS) is 22.6. The van der Waals surface area contributed by atoms with Crippen LogP contribution in [0.1, 0.15) is 21.9 Å². The van der Waals surface area contributed by atoms with Gasteiger partial charge in [-0.3, -0.25) is 23.7 Å². The molecule has 1 aromatic heterocycles. The molecule has 14 heteroatoms. The molecule has 8 nitrogen and oxygen atoms in total. The lowest BCUT2D eigenvalue weighted by atomic mass is 9.83. The van der Waals surface area contributed by atoms with Gasteiger partial charge in [-0.05, 0) is 29.8 Å². The lowest BCUT2D eigenvalue weighted by Crippen LogP contribution is -2.43. The Labute approximate surface area is 244 Å². The first-order valence-corrected chi connectivity index (χ1v) is 14.7. The van der Waals surface area contributed by atoms with Gasteiger partial charge in [0.1, 0.15) is 11.8 Å². The van der Waals surface area contributed by atoms with Crippen molar-refractivity contribution in [2.45, 2.75) is 28.9 Å². The van der Waals surface area contributed by atoms with Crippen molar-refractivity contribution in [2.75, 3.05) is 31.2 Å². The van der Waals surface area contributed by atoms with Crippen molar-refractivity contribution >= 4 is 58.1 Å². The van der Waals surface area contributed by atoms with Crippen molar-refractivity contribution < 1.29 is 32.3 Å². The van der Waals surface area contributed by atoms with E-state index in [4.69, 9.17) is 16.3 Å². The van der Waals surface area contributed by atoms with Crippen LogP contribution in [0.4, 0.5) is 18.9 Å². The maximum absolute atomic E-state index is 13.9. The minimum absolute atomic E-state index is 0.273. The lowest BCUT2D eigenvalue weighted by Gasteiger charge is -2.31. The second kappa shape index (κ2) is 10.6. The van der Waals surface area contributed by atoms with Crippen LogP contribution in [0.25, 0.3) is 0 Å². The average molecular weight is 624 g/mol. The predicted molar refractivity (Wildman–Crippen MR) is 146 cm³/mol. The minimum Gasteiger partial charge on any atom is -0.378 e. The topological polar surface area (TPSA) is 88.9 Å². The Morgan fingerprint density at radius 1 is 1.00 bits per heavy atom. The zero-order valence-electron chi connectivity index (χ0n) is 21.1. The van der Waals surface area contributed by atoms with Crippen molar-refractivity contribution in [1.29, 1.82) is 0 Å². The first kappa shape index (κ1) is 28.0. The number of para-hydroxylation sites is 1. The van der Waals surface area contributed by atoms with E-state index in [0.29, 0.717) is 51.7 Å². The highest BCUT2D eigenvalue weighted by Crippen LogP contribution is 2.54.